The Morgan fingerprint density at radius 3 is 2.71 bits per heavy atom. The van der Waals surface area contributed by atoms with E-state index >= 15 is 0 Å². The molecule has 2 unspecified atom stereocenters. The molecule has 3 nitrogen and oxygen atoms in total. The fourth-order valence-electron chi connectivity index (χ4n) is 2.92. The number of nitrogens with zero attached hydrogens (tertiary/aromatic N) is 1. The molecule has 4 heteroatoms. The van der Waals surface area contributed by atoms with Crippen molar-refractivity contribution in [3.8, 4) is 0 Å². The van der Waals surface area contributed by atoms with Gasteiger partial charge in [0.15, 0.2) is 0 Å². The molecule has 0 bridgehead atoms. The molecule has 1 aliphatic rings. The Morgan fingerprint density at radius 2 is 2.14 bits per heavy atom. The second kappa shape index (κ2) is 7.41. The Labute approximate surface area is 132 Å². The lowest BCUT2D eigenvalue weighted by molar-refractivity contribution is -0.130. The van der Waals surface area contributed by atoms with E-state index in [0.717, 1.165) is 32.2 Å². The molecule has 1 aromatic heterocycles. The maximum Gasteiger partial charge on any atom is 0.241 e. The summed E-state index contributed by atoms with van der Waals surface area (Å²) in [6.45, 7) is 9.50. The number of thiophene rings is 1. The summed E-state index contributed by atoms with van der Waals surface area (Å²) in [5.41, 5.74) is 2.59. The maximum atomic E-state index is 12.7. The third kappa shape index (κ3) is 4.07. The molecule has 0 aliphatic carbocycles. The van der Waals surface area contributed by atoms with Crippen LogP contribution in [0.4, 0.5) is 0 Å². The van der Waals surface area contributed by atoms with Crippen molar-refractivity contribution in [3.05, 3.63) is 21.9 Å². The van der Waals surface area contributed by atoms with Crippen molar-refractivity contribution in [2.24, 2.45) is 5.92 Å². The van der Waals surface area contributed by atoms with Gasteiger partial charge in [0.1, 0.15) is 0 Å². The number of aryl methyl sites for hydroxylation is 1. The summed E-state index contributed by atoms with van der Waals surface area (Å²) >= 11 is 1.72. The smallest absolute Gasteiger partial charge is 0.241 e. The topological polar surface area (TPSA) is 32.3 Å². The van der Waals surface area contributed by atoms with E-state index in [9.17, 15) is 4.79 Å². The molecule has 0 radical (unpaired) electrons. The van der Waals surface area contributed by atoms with Gasteiger partial charge in [0.05, 0.1) is 12.2 Å². The van der Waals surface area contributed by atoms with Gasteiger partial charge in [-0.15, -0.1) is 0 Å². The minimum Gasteiger partial charge on any atom is -0.321 e. The van der Waals surface area contributed by atoms with Crippen LogP contribution in [0.3, 0.4) is 0 Å². The van der Waals surface area contributed by atoms with E-state index in [1.807, 2.05) is 0 Å². The second-order valence-corrected chi connectivity index (χ2v) is 7.30. The van der Waals surface area contributed by atoms with Gasteiger partial charge < -0.3 is 4.90 Å². The lowest BCUT2D eigenvalue weighted by atomic mass is 10.1. The minimum atomic E-state index is 0.0210. The normalized spacial score (nSPS) is 22.5. The fraction of sp³-hybridized carbons (Fsp3) is 0.706. The van der Waals surface area contributed by atoms with Crippen molar-refractivity contribution >= 4 is 17.2 Å². The molecule has 0 spiro atoms. The van der Waals surface area contributed by atoms with Gasteiger partial charge in [-0.05, 0) is 47.6 Å². The molecular formula is C17H28N2OS. The molecule has 2 atom stereocenters. The minimum absolute atomic E-state index is 0.0210. The number of amides is 1. The average Bonchev–Trinajstić information content (AvgIpc) is 2.95. The highest BCUT2D eigenvalue weighted by atomic mass is 32.1. The molecular weight excluding hydrogens is 280 g/mol. The van der Waals surface area contributed by atoms with Gasteiger partial charge in [0, 0.05) is 6.54 Å². The van der Waals surface area contributed by atoms with Crippen molar-refractivity contribution in [2.75, 3.05) is 0 Å². The third-order valence-electron chi connectivity index (χ3n) is 4.19. The molecule has 2 heterocycles. The van der Waals surface area contributed by atoms with Gasteiger partial charge in [-0.1, -0.05) is 33.6 Å². The quantitative estimate of drug-likeness (QED) is 0.828. The highest BCUT2D eigenvalue weighted by Crippen LogP contribution is 2.25. The van der Waals surface area contributed by atoms with Crippen molar-refractivity contribution < 1.29 is 4.79 Å². The van der Waals surface area contributed by atoms with Crippen LogP contribution < -0.4 is 5.32 Å². The highest BCUT2D eigenvalue weighted by molar-refractivity contribution is 7.08. The lowest BCUT2D eigenvalue weighted by Gasteiger charge is -2.25. The maximum absolute atomic E-state index is 12.7. The van der Waals surface area contributed by atoms with E-state index in [4.69, 9.17) is 0 Å². The summed E-state index contributed by atoms with van der Waals surface area (Å²) in [6, 6.07) is 0.0210. The van der Waals surface area contributed by atoms with Gasteiger partial charge in [-0.3, -0.25) is 10.1 Å². The van der Waals surface area contributed by atoms with Gasteiger partial charge in [0.2, 0.25) is 5.91 Å². The largest absolute Gasteiger partial charge is 0.321 e. The van der Waals surface area contributed by atoms with E-state index in [1.165, 1.54) is 11.1 Å². The number of hydrogen-bond acceptors (Lipinski definition) is 3. The highest BCUT2D eigenvalue weighted by Gasteiger charge is 2.38. The van der Waals surface area contributed by atoms with Crippen LogP contribution >= 0.6 is 11.3 Å². The van der Waals surface area contributed by atoms with Crippen LogP contribution in [0.25, 0.3) is 0 Å². The number of carbonyl (C=O) groups excluding carboxylic acids is 1. The van der Waals surface area contributed by atoms with Gasteiger partial charge in [-0.25, -0.2) is 0 Å². The fourth-order valence-corrected chi connectivity index (χ4v) is 3.77. The second-order valence-electron chi connectivity index (χ2n) is 6.55. The molecule has 1 fully saturated rings. The standard InChI is InChI=1S/C17H28N2OS/c1-5-6-7-15-17(20)19(16(18-15)8-12(2)3)9-14-11-21-10-13(14)4/h10-12,15-16,18H,5-9H2,1-4H3. The summed E-state index contributed by atoms with van der Waals surface area (Å²) in [5.74, 6) is 0.881. The Kier molecular flexibility index (Phi) is 5.82. The SMILES string of the molecule is CCCCC1NC(CC(C)C)N(Cc2cscc2C)C1=O. The van der Waals surface area contributed by atoms with Crippen molar-refractivity contribution in [1.29, 1.82) is 0 Å². The first-order valence-corrected chi connectivity index (χ1v) is 9.05. The Balaban J connectivity index is 2.09. The predicted molar refractivity (Wildman–Crippen MR) is 89.3 cm³/mol. The summed E-state index contributed by atoms with van der Waals surface area (Å²) in [6.07, 6.45) is 4.44. The first-order chi connectivity index (χ1) is 10.0. The molecule has 1 N–H and O–H groups in total. The Hall–Kier alpha value is -0.870. The Morgan fingerprint density at radius 1 is 1.38 bits per heavy atom. The number of carbonyl (C=O) groups is 1. The molecule has 2 rings (SSSR count). The molecule has 21 heavy (non-hydrogen) atoms. The molecule has 118 valence electrons. The first-order valence-electron chi connectivity index (χ1n) is 8.11. The van der Waals surface area contributed by atoms with E-state index in [2.05, 4.69) is 48.7 Å². The van der Waals surface area contributed by atoms with Gasteiger partial charge in [-0.2, -0.15) is 11.3 Å². The summed E-state index contributed by atoms with van der Waals surface area (Å²) in [4.78, 5) is 14.8. The monoisotopic (exact) mass is 308 g/mol. The average molecular weight is 308 g/mol. The predicted octanol–water partition coefficient (Wildman–Crippen LogP) is 3.92. The number of unbranched alkanes of at least 4 members (excludes halogenated alkanes) is 1. The number of hydrogen-bond donors (Lipinski definition) is 1. The number of nitrogens with one attached hydrogen (secondary N) is 1. The van der Waals surface area contributed by atoms with Crippen LogP contribution in [-0.4, -0.2) is 23.0 Å². The van der Waals surface area contributed by atoms with Crippen LogP contribution in [0.2, 0.25) is 0 Å². The van der Waals surface area contributed by atoms with Crippen LogP contribution in [0.15, 0.2) is 10.8 Å². The van der Waals surface area contributed by atoms with Gasteiger partial charge >= 0.3 is 0 Å². The van der Waals surface area contributed by atoms with Crippen LogP contribution in [-0.2, 0) is 11.3 Å². The zero-order chi connectivity index (χ0) is 15.4. The molecule has 1 aliphatic heterocycles. The van der Waals surface area contributed by atoms with Crippen LogP contribution in [0.1, 0.15) is 57.6 Å². The Bertz CT molecular complexity index is 469. The van der Waals surface area contributed by atoms with E-state index < -0.39 is 0 Å². The lowest BCUT2D eigenvalue weighted by Crippen LogP contribution is -2.38. The zero-order valence-corrected chi connectivity index (χ0v) is 14.5. The molecule has 1 aromatic rings. The van der Waals surface area contributed by atoms with Crippen molar-refractivity contribution in [1.82, 2.24) is 10.2 Å². The van der Waals surface area contributed by atoms with E-state index in [0.29, 0.717) is 11.8 Å². The summed E-state index contributed by atoms with van der Waals surface area (Å²) in [7, 11) is 0. The van der Waals surface area contributed by atoms with Gasteiger partial charge in [0.25, 0.3) is 0 Å². The zero-order valence-electron chi connectivity index (χ0n) is 13.7. The summed E-state index contributed by atoms with van der Waals surface area (Å²) < 4.78 is 0. The molecule has 1 amide bonds. The molecule has 0 saturated carbocycles. The first kappa shape index (κ1) is 16.5. The number of rotatable bonds is 7. The van der Waals surface area contributed by atoms with Crippen LogP contribution in [0, 0.1) is 12.8 Å². The van der Waals surface area contributed by atoms with Crippen molar-refractivity contribution in [3.63, 3.8) is 0 Å². The van der Waals surface area contributed by atoms with Crippen LogP contribution in [0.5, 0.6) is 0 Å². The molecule has 1 saturated heterocycles. The van der Waals surface area contributed by atoms with E-state index in [-0.39, 0.29) is 12.2 Å². The molecule has 0 aromatic carbocycles. The third-order valence-corrected chi connectivity index (χ3v) is 5.10. The van der Waals surface area contributed by atoms with Crippen molar-refractivity contribution in [2.45, 2.75) is 72.1 Å². The van der Waals surface area contributed by atoms with E-state index in [1.54, 1.807) is 11.3 Å². The summed E-state index contributed by atoms with van der Waals surface area (Å²) in [5, 5.41) is 7.91.